The molecule has 1 amide bonds. The third-order valence-corrected chi connectivity index (χ3v) is 6.67. The number of nitrogens with zero attached hydrogens (tertiary/aromatic N) is 2. The van der Waals surface area contributed by atoms with Gasteiger partial charge in [0.15, 0.2) is 0 Å². The summed E-state index contributed by atoms with van der Waals surface area (Å²) in [7, 11) is -6.13. The minimum atomic E-state index is -3.90. The quantitative estimate of drug-likeness (QED) is 0.306. The monoisotopic (exact) mass is 556 g/mol. The molecule has 206 valence electrons. The molecule has 0 atom stereocenters. The number of methoxy groups -OCH3 is 1. The molecule has 0 radical (unpaired) electrons. The average molecular weight is 557 g/mol. The van der Waals surface area contributed by atoms with Crippen LogP contribution in [0.4, 0.5) is 5.69 Å². The Balaban J connectivity index is 0.000000877. The molecule has 0 aromatic heterocycles. The fourth-order valence-corrected chi connectivity index (χ4v) is 4.35. The minimum absolute atomic E-state index is 0.120. The minimum Gasteiger partial charge on any atom is -0.496 e. The molecule has 0 spiro atoms. The number of primary sulfonamides is 1. The van der Waals surface area contributed by atoms with E-state index in [1.165, 1.54) is 36.6 Å². The molecule has 3 rings (SSSR count). The van der Waals surface area contributed by atoms with Crippen molar-refractivity contribution >= 4 is 31.7 Å². The molecule has 1 saturated heterocycles. The highest BCUT2D eigenvalue weighted by Crippen LogP contribution is 2.22. The van der Waals surface area contributed by atoms with Crippen molar-refractivity contribution in [2.24, 2.45) is 5.14 Å². The summed E-state index contributed by atoms with van der Waals surface area (Å²) in [6.45, 7) is 7.46. The maximum atomic E-state index is 12.6. The molecular weight excluding hydrogens is 520 g/mol. The first-order valence-corrected chi connectivity index (χ1v) is 15.2. The van der Waals surface area contributed by atoms with Crippen molar-refractivity contribution in [3.8, 4) is 5.75 Å². The Bertz CT molecular complexity index is 1230. The number of anilines is 1. The molecule has 0 saturated carbocycles. The summed E-state index contributed by atoms with van der Waals surface area (Å²) in [5, 5.41) is 8.02. The van der Waals surface area contributed by atoms with Gasteiger partial charge < -0.3 is 15.0 Å². The van der Waals surface area contributed by atoms with Crippen LogP contribution >= 0.6 is 0 Å². The molecule has 0 unspecified atom stereocenters. The zero-order valence-corrected chi connectivity index (χ0v) is 23.0. The lowest BCUT2D eigenvalue weighted by molar-refractivity contribution is 0.0948. The summed E-state index contributed by atoms with van der Waals surface area (Å²) >= 11 is 0. The van der Waals surface area contributed by atoms with Crippen LogP contribution in [0.1, 0.15) is 29.3 Å². The molecule has 1 aliphatic heterocycles. The zero-order valence-electron chi connectivity index (χ0n) is 21.4. The van der Waals surface area contributed by atoms with Crippen molar-refractivity contribution in [1.29, 1.82) is 0 Å². The van der Waals surface area contributed by atoms with E-state index in [0.717, 1.165) is 45.6 Å². The van der Waals surface area contributed by atoms with Gasteiger partial charge in [-0.25, -0.2) is 13.6 Å². The molecular formula is C24H36N4O7S2. The number of hydrogen-bond acceptors (Lipinski definition) is 8. The Morgan fingerprint density at radius 3 is 2.16 bits per heavy atom. The van der Waals surface area contributed by atoms with Crippen LogP contribution in [0.3, 0.4) is 0 Å². The van der Waals surface area contributed by atoms with Crippen LogP contribution in [0.15, 0.2) is 47.4 Å². The molecule has 1 fully saturated rings. The number of aryl methyl sites for hydroxylation is 1. The average Bonchev–Trinajstić information content (AvgIpc) is 2.85. The largest absolute Gasteiger partial charge is 0.496 e. The number of piperazine rings is 1. The van der Waals surface area contributed by atoms with Gasteiger partial charge in [-0.2, -0.15) is 8.42 Å². The molecule has 37 heavy (non-hydrogen) atoms. The Kier molecular flexibility index (Phi) is 11.3. The van der Waals surface area contributed by atoms with Crippen LogP contribution in [0.2, 0.25) is 0 Å². The molecule has 1 heterocycles. The van der Waals surface area contributed by atoms with Crippen molar-refractivity contribution in [3.63, 3.8) is 0 Å². The van der Waals surface area contributed by atoms with Crippen molar-refractivity contribution in [3.05, 3.63) is 53.6 Å². The van der Waals surface area contributed by atoms with Crippen molar-refractivity contribution in [2.75, 3.05) is 57.5 Å². The highest BCUT2D eigenvalue weighted by Gasteiger charge is 2.19. The lowest BCUT2D eigenvalue weighted by atomic mass is 10.1. The Morgan fingerprint density at radius 1 is 1.05 bits per heavy atom. The summed E-state index contributed by atoms with van der Waals surface area (Å²) < 4.78 is 54.2. The van der Waals surface area contributed by atoms with E-state index in [-0.39, 0.29) is 16.4 Å². The van der Waals surface area contributed by atoms with Gasteiger partial charge in [0.25, 0.3) is 16.0 Å². The SMILES string of the molecule is CCc1ccc(N2CCN(CCCNC(=O)c3cc(S(N)(=O)=O)ccc3OC)CC2)cc1.CS(=O)(=O)O. The lowest BCUT2D eigenvalue weighted by Crippen LogP contribution is -2.47. The second-order valence-electron chi connectivity index (χ2n) is 8.60. The Labute approximate surface area is 219 Å². The number of rotatable bonds is 9. The van der Waals surface area contributed by atoms with Gasteiger partial charge in [-0.3, -0.25) is 14.2 Å². The van der Waals surface area contributed by atoms with Crippen LogP contribution in [0.5, 0.6) is 5.75 Å². The second-order valence-corrected chi connectivity index (χ2v) is 11.6. The van der Waals surface area contributed by atoms with E-state index in [0.29, 0.717) is 18.6 Å². The first-order chi connectivity index (χ1) is 17.3. The summed E-state index contributed by atoms with van der Waals surface area (Å²) in [5.41, 5.74) is 2.77. The third-order valence-electron chi connectivity index (χ3n) is 5.76. The molecule has 1 aliphatic rings. The third kappa shape index (κ3) is 10.7. The van der Waals surface area contributed by atoms with Gasteiger partial charge in [0, 0.05) is 38.4 Å². The number of carbonyl (C=O) groups excluding carboxylic acids is 1. The van der Waals surface area contributed by atoms with Gasteiger partial charge >= 0.3 is 0 Å². The number of sulfonamides is 1. The summed E-state index contributed by atoms with van der Waals surface area (Å²) in [6, 6.07) is 12.8. The highest BCUT2D eigenvalue weighted by molar-refractivity contribution is 7.89. The normalized spacial score (nSPS) is 14.5. The van der Waals surface area contributed by atoms with Gasteiger partial charge in [0.2, 0.25) is 10.0 Å². The fraction of sp³-hybridized carbons (Fsp3) is 0.458. The van der Waals surface area contributed by atoms with E-state index in [1.807, 2.05) is 0 Å². The van der Waals surface area contributed by atoms with E-state index >= 15 is 0 Å². The highest BCUT2D eigenvalue weighted by atomic mass is 32.2. The smallest absolute Gasteiger partial charge is 0.261 e. The number of ether oxygens (including phenoxy) is 1. The zero-order chi connectivity index (χ0) is 27.6. The maximum Gasteiger partial charge on any atom is 0.261 e. The molecule has 0 aliphatic carbocycles. The predicted octanol–water partition coefficient (Wildman–Crippen LogP) is 1.35. The van der Waals surface area contributed by atoms with E-state index in [4.69, 9.17) is 14.4 Å². The van der Waals surface area contributed by atoms with Gasteiger partial charge in [0.05, 0.1) is 23.8 Å². The number of hydrogen-bond donors (Lipinski definition) is 3. The standard InChI is InChI=1S/C23H32N4O4S.CH4O3S/c1-3-18-5-7-19(8-6-18)27-15-13-26(14-16-27)12-4-11-25-23(28)21-17-20(32(24,29)30)9-10-22(21)31-2;1-5(2,3)4/h5-10,17H,3-4,11-16H2,1-2H3,(H,25,28)(H2,24,29,30);1H3,(H,2,3,4). The second kappa shape index (κ2) is 13.7. The Hall–Kier alpha value is -2.71. The number of benzene rings is 2. The molecule has 2 aromatic carbocycles. The maximum absolute atomic E-state index is 12.6. The summed E-state index contributed by atoms with van der Waals surface area (Å²) in [4.78, 5) is 17.2. The van der Waals surface area contributed by atoms with Crippen LogP contribution in [0.25, 0.3) is 0 Å². The van der Waals surface area contributed by atoms with Gasteiger partial charge in [0.1, 0.15) is 5.75 Å². The molecule has 11 nitrogen and oxygen atoms in total. The van der Waals surface area contributed by atoms with Gasteiger partial charge in [-0.05, 0) is 55.3 Å². The first-order valence-electron chi connectivity index (χ1n) is 11.8. The van der Waals surface area contributed by atoms with Crippen LogP contribution in [0, 0.1) is 0 Å². The van der Waals surface area contributed by atoms with Gasteiger partial charge in [-0.15, -0.1) is 0 Å². The molecule has 2 aromatic rings. The summed E-state index contributed by atoms with van der Waals surface area (Å²) in [6.07, 6.45) is 2.57. The molecule has 4 N–H and O–H groups in total. The number of nitrogens with one attached hydrogen (secondary N) is 1. The summed E-state index contributed by atoms with van der Waals surface area (Å²) in [5.74, 6) is -0.0781. The van der Waals surface area contributed by atoms with Crippen molar-refractivity contribution in [1.82, 2.24) is 10.2 Å². The van der Waals surface area contributed by atoms with E-state index in [9.17, 15) is 21.6 Å². The van der Waals surface area contributed by atoms with Crippen molar-refractivity contribution < 1.29 is 30.9 Å². The topological polar surface area (TPSA) is 159 Å². The number of amides is 1. The van der Waals surface area contributed by atoms with Crippen LogP contribution in [-0.2, 0) is 26.6 Å². The lowest BCUT2D eigenvalue weighted by Gasteiger charge is -2.36. The molecule has 0 bridgehead atoms. The Morgan fingerprint density at radius 2 is 1.65 bits per heavy atom. The van der Waals surface area contributed by atoms with Crippen LogP contribution < -0.4 is 20.1 Å². The van der Waals surface area contributed by atoms with Crippen molar-refractivity contribution in [2.45, 2.75) is 24.7 Å². The molecule has 13 heteroatoms. The first kappa shape index (κ1) is 30.5. The fourth-order valence-electron chi connectivity index (χ4n) is 3.81. The number of carbonyl (C=O) groups is 1. The van der Waals surface area contributed by atoms with E-state index in [2.05, 4.69) is 46.3 Å². The predicted molar refractivity (Wildman–Crippen MR) is 143 cm³/mol. The van der Waals surface area contributed by atoms with Crippen LogP contribution in [-0.4, -0.2) is 84.8 Å². The number of nitrogens with two attached hydrogens (primary N) is 1. The van der Waals surface area contributed by atoms with Gasteiger partial charge in [-0.1, -0.05) is 19.1 Å². The van der Waals surface area contributed by atoms with E-state index < -0.39 is 20.1 Å². The van der Waals surface area contributed by atoms with E-state index in [1.54, 1.807) is 0 Å².